The first kappa shape index (κ1) is 12.8. The molecule has 5 heteroatoms. The smallest absolute Gasteiger partial charge is 0.228 e. The minimum absolute atomic E-state index is 0.0411. The number of nitrogens with zero attached hydrogens (tertiary/aromatic N) is 1. The van der Waals surface area contributed by atoms with Crippen LogP contribution in [0.5, 0.6) is 5.75 Å². The summed E-state index contributed by atoms with van der Waals surface area (Å²) in [5.74, 6) is 0.0185. The molecule has 0 spiro atoms. The number of hydrogen-bond donors (Lipinski definition) is 1. The monoisotopic (exact) mass is 252 g/mol. The van der Waals surface area contributed by atoms with Gasteiger partial charge in [-0.3, -0.25) is 4.79 Å². The number of anilines is 1. The third-order valence-corrected chi connectivity index (χ3v) is 2.73. The lowest BCUT2D eigenvalue weighted by Gasteiger charge is -2.21. The van der Waals surface area contributed by atoms with Gasteiger partial charge in [-0.15, -0.1) is 0 Å². The highest BCUT2D eigenvalue weighted by Crippen LogP contribution is 2.32. The molecule has 1 aromatic carbocycles. The van der Waals surface area contributed by atoms with Crippen molar-refractivity contribution in [3.63, 3.8) is 0 Å². The van der Waals surface area contributed by atoms with Crippen LogP contribution >= 0.6 is 0 Å². The van der Waals surface area contributed by atoms with Crippen LogP contribution in [-0.2, 0) is 4.79 Å². The Labute approximate surface area is 106 Å². The Bertz CT molecular complexity index is 462. The van der Waals surface area contributed by atoms with E-state index < -0.39 is 5.82 Å². The standard InChI is InChI=1S/C13H17FN2O2/c1-8(2)18-12-4-3-9(14)5-11(12)16-7-10(15)6-13(16)17/h3-5,8,10H,6-7,15H2,1-2H3. The first-order valence-corrected chi connectivity index (χ1v) is 5.99. The van der Waals surface area contributed by atoms with Gasteiger partial charge in [0.1, 0.15) is 11.6 Å². The van der Waals surface area contributed by atoms with Crippen molar-refractivity contribution in [3.05, 3.63) is 24.0 Å². The number of carbonyl (C=O) groups is 1. The van der Waals surface area contributed by atoms with Crippen LogP contribution < -0.4 is 15.4 Å². The highest BCUT2D eigenvalue weighted by Gasteiger charge is 2.30. The molecule has 2 rings (SSSR count). The molecule has 0 radical (unpaired) electrons. The van der Waals surface area contributed by atoms with E-state index >= 15 is 0 Å². The molecule has 4 nitrogen and oxygen atoms in total. The maximum Gasteiger partial charge on any atom is 0.228 e. The van der Waals surface area contributed by atoms with Crippen molar-refractivity contribution in [3.8, 4) is 5.75 Å². The van der Waals surface area contributed by atoms with Crippen molar-refractivity contribution >= 4 is 11.6 Å². The van der Waals surface area contributed by atoms with Crippen molar-refractivity contribution in [1.82, 2.24) is 0 Å². The summed E-state index contributed by atoms with van der Waals surface area (Å²) in [6.45, 7) is 4.16. The second-order valence-electron chi connectivity index (χ2n) is 4.75. The molecule has 1 fully saturated rings. The van der Waals surface area contributed by atoms with Crippen LogP contribution in [0.3, 0.4) is 0 Å². The summed E-state index contributed by atoms with van der Waals surface area (Å²) in [7, 11) is 0. The molecule has 2 N–H and O–H groups in total. The molecular formula is C13H17FN2O2. The number of rotatable bonds is 3. The molecule has 0 aliphatic carbocycles. The lowest BCUT2D eigenvalue weighted by atomic mass is 10.2. The molecule has 1 unspecified atom stereocenters. The fourth-order valence-corrected chi connectivity index (χ4v) is 2.02. The number of nitrogens with two attached hydrogens (primary N) is 1. The van der Waals surface area contributed by atoms with E-state index in [0.29, 0.717) is 18.0 Å². The molecule has 98 valence electrons. The average molecular weight is 252 g/mol. The topological polar surface area (TPSA) is 55.6 Å². The zero-order chi connectivity index (χ0) is 13.3. The van der Waals surface area contributed by atoms with Gasteiger partial charge in [-0.05, 0) is 26.0 Å². The van der Waals surface area contributed by atoms with Gasteiger partial charge in [0.15, 0.2) is 0 Å². The molecule has 1 aromatic rings. The van der Waals surface area contributed by atoms with Gasteiger partial charge in [0, 0.05) is 25.1 Å². The van der Waals surface area contributed by atoms with E-state index in [-0.39, 0.29) is 24.5 Å². The van der Waals surface area contributed by atoms with Gasteiger partial charge in [-0.25, -0.2) is 4.39 Å². The SMILES string of the molecule is CC(C)Oc1ccc(F)cc1N1CC(N)CC1=O. The molecule has 1 amide bonds. The number of carbonyl (C=O) groups excluding carboxylic acids is 1. The summed E-state index contributed by atoms with van der Waals surface area (Å²) in [5.41, 5.74) is 6.21. The molecular weight excluding hydrogens is 235 g/mol. The maximum atomic E-state index is 13.3. The van der Waals surface area contributed by atoms with Gasteiger partial charge in [-0.1, -0.05) is 0 Å². The summed E-state index contributed by atoms with van der Waals surface area (Å²) >= 11 is 0. The van der Waals surface area contributed by atoms with Crippen molar-refractivity contribution in [2.45, 2.75) is 32.4 Å². The molecule has 1 aliphatic rings. The number of hydrogen-bond acceptors (Lipinski definition) is 3. The van der Waals surface area contributed by atoms with Crippen molar-refractivity contribution < 1.29 is 13.9 Å². The van der Waals surface area contributed by atoms with E-state index in [9.17, 15) is 9.18 Å². The van der Waals surface area contributed by atoms with E-state index in [4.69, 9.17) is 10.5 Å². The van der Waals surface area contributed by atoms with Gasteiger partial charge >= 0.3 is 0 Å². The Balaban J connectivity index is 2.35. The number of halogens is 1. The predicted molar refractivity (Wildman–Crippen MR) is 67.1 cm³/mol. The maximum absolute atomic E-state index is 13.3. The zero-order valence-corrected chi connectivity index (χ0v) is 10.5. The van der Waals surface area contributed by atoms with Crippen LogP contribution in [0, 0.1) is 5.82 Å². The highest BCUT2D eigenvalue weighted by molar-refractivity contribution is 5.97. The molecule has 18 heavy (non-hydrogen) atoms. The van der Waals surface area contributed by atoms with Crippen LogP contribution in [0.1, 0.15) is 20.3 Å². The second kappa shape index (κ2) is 4.94. The largest absolute Gasteiger partial charge is 0.489 e. The first-order valence-electron chi connectivity index (χ1n) is 5.99. The first-order chi connectivity index (χ1) is 8.47. The molecule has 0 bridgehead atoms. The summed E-state index contributed by atoms with van der Waals surface area (Å²) < 4.78 is 18.9. The Morgan fingerprint density at radius 1 is 1.50 bits per heavy atom. The van der Waals surface area contributed by atoms with Gasteiger partial charge < -0.3 is 15.4 Å². The third-order valence-electron chi connectivity index (χ3n) is 2.73. The molecule has 0 saturated carbocycles. The van der Waals surface area contributed by atoms with E-state index in [0.717, 1.165) is 0 Å². The van der Waals surface area contributed by atoms with Crippen LogP contribution in [0.2, 0.25) is 0 Å². The Morgan fingerprint density at radius 2 is 2.22 bits per heavy atom. The van der Waals surface area contributed by atoms with E-state index in [1.54, 1.807) is 6.07 Å². The Kier molecular flexibility index (Phi) is 3.52. The molecule has 1 saturated heterocycles. The van der Waals surface area contributed by atoms with Crippen LogP contribution in [0.4, 0.5) is 10.1 Å². The van der Waals surface area contributed by atoms with Crippen LogP contribution in [0.25, 0.3) is 0 Å². The number of amides is 1. The minimum Gasteiger partial charge on any atom is -0.489 e. The quantitative estimate of drug-likeness (QED) is 0.890. The minimum atomic E-state index is -0.394. The number of ether oxygens (including phenoxy) is 1. The fraction of sp³-hybridized carbons (Fsp3) is 0.462. The van der Waals surface area contributed by atoms with Crippen molar-refractivity contribution in [1.29, 1.82) is 0 Å². The summed E-state index contributed by atoms with van der Waals surface area (Å²) in [5, 5.41) is 0. The van der Waals surface area contributed by atoms with E-state index in [2.05, 4.69) is 0 Å². The molecule has 0 aromatic heterocycles. The molecule has 1 atom stereocenters. The second-order valence-corrected chi connectivity index (χ2v) is 4.75. The fourth-order valence-electron chi connectivity index (χ4n) is 2.02. The Hall–Kier alpha value is -1.62. The van der Waals surface area contributed by atoms with Crippen LogP contribution in [-0.4, -0.2) is 24.6 Å². The molecule has 1 aliphatic heterocycles. The Morgan fingerprint density at radius 3 is 2.78 bits per heavy atom. The highest BCUT2D eigenvalue weighted by atomic mass is 19.1. The molecule has 1 heterocycles. The van der Waals surface area contributed by atoms with Crippen molar-refractivity contribution in [2.75, 3.05) is 11.4 Å². The van der Waals surface area contributed by atoms with Crippen LogP contribution in [0.15, 0.2) is 18.2 Å². The summed E-state index contributed by atoms with van der Waals surface area (Å²) in [4.78, 5) is 13.3. The predicted octanol–water partition coefficient (Wildman–Crippen LogP) is 1.68. The summed E-state index contributed by atoms with van der Waals surface area (Å²) in [6, 6.07) is 3.98. The normalized spacial score (nSPS) is 19.7. The zero-order valence-electron chi connectivity index (χ0n) is 10.5. The van der Waals surface area contributed by atoms with Gasteiger partial charge in [0.05, 0.1) is 11.8 Å². The lowest BCUT2D eigenvalue weighted by Crippen LogP contribution is -2.28. The average Bonchev–Trinajstić information content (AvgIpc) is 2.60. The summed E-state index contributed by atoms with van der Waals surface area (Å²) in [6.07, 6.45) is 0.248. The van der Waals surface area contributed by atoms with Gasteiger partial charge in [0.2, 0.25) is 5.91 Å². The van der Waals surface area contributed by atoms with Gasteiger partial charge in [-0.2, -0.15) is 0 Å². The van der Waals surface area contributed by atoms with E-state index in [1.807, 2.05) is 13.8 Å². The van der Waals surface area contributed by atoms with Crippen molar-refractivity contribution in [2.24, 2.45) is 5.73 Å². The third kappa shape index (κ3) is 2.61. The van der Waals surface area contributed by atoms with E-state index in [1.165, 1.54) is 17.0 Å². The van der Waals surface area contributed by atoms with Gasteiger partial charge in [0.25, 0.3) is 0 Å². The number of benzene rings is 1. The lowest BCUT2D eigenvalue weighted by molar-refractivity contribution is -0.117.